The number of carbonyl (C=O) groups is 2. The van der Waals surface area contributed by atoms with Gasteiger partial charge in [0.05, 0.1) is 24.8 Å². The molecule has 4 atom stereocenters. The van der Waals surface area contributed by atoms with E-state index in [1.165, 1.54) is 12.1 Å². The van der Waals surface area contributed by atoms with E-state index < -0.39 is 29.7 Å². The van der Waals surface area contributed by atoms with Gasteiger partial charge in [-0.15, -0.1) is 11.3 Å². The van der Waals surface area contributed by atoms with Crippen LogP contribution in [0.3, 0.4) is 0 Å². The van der Waals surface area contributed by atoms with Gasteiger partial charge in [0.2, 0.25) is 0 Å². The highest BCUT2D eigenvalue weighted by Crippen LogP contribution is 2.37. The van der Waals surface area contributed by atoms with Gasteiger partial charge in [-0.1, -0.05) is 0 Å². The van der Waals surface area contributed by atoms with Crippen LogP contribution in [0.15, 0.2) is 35.7 Å². The Morgan fingerprint density at radius 3 is 2.70 bits per heavy atom. The maximum atomic E-state index is 14.1. The number of rotatable bonds is 8. The highest BCUT2D eigenvalue weighted by Gasteiger charge is 2.36. The number of likely N-dealkylation sites (tertiary alicyclic amines) is 1. The Bertz CT molecular complexity index is 1490. The zero-order valence-corrected chi connectivity index (χ0v) is 24.9. The lowest BCUT2D eigenvalue weighted by Crippen LogP contribution is -2.52. The van der Waals surface area contributed by atoms with Crippen LogP contribution in [-0.4, -0.2) is 64.7 Å². The number of ether oxygens (including phenoxy) is 1. The second-order valence-electron chi connectivity index (χ2n) is 11.7. The van der Waals surface area contributed by atoms with Crippen molar-refractivity contribution in [3.8, 4) is 5.75 Å². The van der Waals surface area contributed by atoms with Crippen molar-refractivity contribution in [3.63, 3.8) is 0 Å². The van der Waals surface area contributed by atoms with Crippen LogP contribution in [0.5, 0.6) is 5.75 Å². The van der Waals surface area contributed by atoms with Gasteiger partial charge in [-0.2, -0.15) is 0 Å². The molecule has 3 aliphatic heterocycles. The first-order valence-corrected chi connectivity index (χ1v) is 15.8. The number of aromatic nitrogens is 1. The molecule has 0 saturated carbocycles. The molecular weight excluding hydrogens is 574 g/mol. The van der Waals surface area contributed by atoms with Gasteiger partial charge in [0.25, 0.3) is 11.8 Å². The van der Waals surface area contributed by atoms with E-state index in [9.17, 15) is 23.5 Å². The van der Waals surface area contributed by atoms with Crippen molar-refractivity contribution in [1.82, 2.24) is 20.5 Å². The zero-order chi connectivity index (χ0) is 30.1. The molecule has 2 fully saturated rings. The monoisotopic (exact) mass is 610 g/mol. The van der Waals surface area contributed by atoms with Crippen LogP contribution in [0.25, 0.3) is 0 Å². The van der Waals surface area contributed by atoms with E-state index in [1.807, 2.05) is 17.2 Å². The molecule has 0 radical (unpaired) electrons. The molecule has 2 saturated heterocycles. The topological polar surface area (TPSA) is 104 Å². The van der Waals surface area contributed by atoms with Crippen molar-refractivity contribution in [2.45, 2.75) is 76.1 Å². The van der Waals surface area contributed by atoms with Gasteiger partial charge >= 0.3 is 0 Å². The number of aryl methyl sites for hydroxylation is 1. The molecule has 6 rings (SSSR count). The number of nitrogens with zero attached hydrogens (tertiary/aromatic N) is 2. The molecule has 228 valence electrons. The molecule has 43 heavy (non-hydrogen) atoms. The van der Waals surface area contributed by atoms with Crippen molar-refractivity contribution in [1.29, 1.82) is 0 Å². The number of hydrogen-bond acceptors (Lipinski definition) is 7. The van der Waals surface area contributed by atoms with Crippen LogP contribution in [0.2, 0.25) is 0 Å². The third-order valence-electron chi connectivity index (χ3n) is 8.58. The third kappa shape index (κ3) is 6.44. The second kappa shape index (κ2) is 12.7. The van der Waals surface area contributed by atoms with Crippen LogP contribution in [0.1, 0.15) is 80.7 Å². The van der Waals surface area contributed by atoms with E-state index >= 15 is 0 Å². The molecular formula is C32H36F2N4O4S. The van der Waals surface area contributed by atoms with Crippen LogP contribution in [0.4, 0.5) is 8.78 Å². The number of thiazole rings is 1. The summed E-state index contributed by atoms with van der Waals surface area (Å²) in [6.07, 6.45) is 3.73. The number of amides is 2. The molecule has 11 heteroatoms. The fraction of sp³-hybridized carbons (Fsp3) is 0.469. The van der Waals surface area contributed by atoms with Gasteiger partial charge in [0, 0.05) is 46.4 Å². The molecule has 2 amide bonds. The normalized spacial score (nSPS) is 21.3. The number of aliphatic hydroxyl groups excluding tert-OH is 1. The molecule has 8 nitrogen and oxygen atoms in total. The van der Waals surface area contributed by atoms with Gasteiger partial charge in [0.15, 0.2) is 0 Å². The Hall–Kier alpha value is -3.41. The Morgan fingerprint density at radius 1 is 1.16 bits per heavy atom. The summed E-state index contributed by atoms with van der Waals surface area (Å²) < 4.78 is 33.9. The Kier molecular flexibility index (Phi) is 8.74. The van der Waals surface area contributed by atoms with Crippen molar-refractivity contribution in [3.05, 3.63) is 80.3 Å². The number of hydrogen-bond donors (Lipinski definition) is 3. The molecule has 3 aromatic rings. The second-order valence-corrected chi connectivity index (χ2v) is 12.6. The summed E-state index contributed by atoms with van der Waals surface area (Å²) in [5.74, 6) is -1.61. The van der Waals surface area contributed by atoms with Crippen molar-refractivity contribution in [2.75, 3.05) is 19.7 Å². The predicted octanol–water partition coefficient (Wildman–Crippen LogP) is 4.49. The molecule has 0 spiro atoms. The molecule has 3 N–H and O–H groups in total. The van der Waals surface area contributed by atoms with Crippen molar-refractivity contribution < 1.29 is 28.2 Å². The summed E-state index contributed by atoms with van der Waals surface area (Å²) in [6, 6.07) is 5.24. The number of carbonyl (C=O) groups excluding carboxylic acids is 2. The molecule has 0 unspecified atom stereocenters. The molecule has 0 bridgehead atoms. The van der Waals surface area contributed by atoms with Gasteiger partial charge in [-0.3, -0.25) is 9.59 Å². The first-order chi connectivity index (χ1) is 20.8. The lowest BCUT2D eigenvalue weighted by molar-refractivity contribution is 0.0730. The Labute approximate surface area is 253 Å². The van der Waals surface area contributed by atoms with Crippen molar-refractivity contribution >= 4 is 23.2 Å². The molecule has 0 aliphatic carbocycles. The Balaban J connectivity index is 1.30. The molecule has 4 heterocycles. The van der Waals surface area contributed by atoms with E-state index in [-0.39, 0.29) is 30.0 Å². The highest BCUT2D eigenvalue weighted by atomic mass is 32.1. The fourth-order valence-corrected chi connectivity index (χ4v) is 7.45. The van der Waals surface area contributed by atoms with Crippen LogP contribution in [0, 0.1) is 18.6 Å². The lowest BCUT2D eigenvalue weighted by Gasteiger charge is -2.29. The quantitative estimate of drug-likeness (QED) is 0.348. The summed E-state index contributed by atoms with van der Waals surface area (Å²) in [6.45, 7) is 3.76. The first kappa shape index (κ1) is 29.7. The maximum absolute atomic E-state index is 14.1. The van der Waals surface area contributed by atoms with E-state index in [2.05, 4.69) is 15.6 Å². The largest absolute Gasteiger partial charge is 0.493 e. The molecule has 1 aromatic heterocycles. The van der Waals surface area contributed by atoms with Gasteiger partial charge in [-0.25, -0.2) is 13.8 Å². The number of halogens is 2. The van der Waals surface area contributed by atoms with Crippen LogP contribution < -0.4 is 15.4 Å². The fourth-order valence-electron chi connectivity index (χ4n) is 6.51. The van der Waals surface area contributed by atoms with Gasteiger partial charge < -0.3 is 25.4 Å². The first-order valence-electron chi connectivity index (χ1n) is 15.0. The molecule has 3 aliphatic rings. The van der Waals surface area contributed by atoms with Crippen LogP contribution >= 0.6 is 11.3 Å². The van der Waals surface area contributed by atoms with Crippen molar-refractivity contribution in [2.24, 2.45) is 0 Å². The minimum Gasteiger partial charge on any atom is -0.493 e. The number of benzene rings is 2. The highest BCUT2D eigenvalue weighted by molar-refractivity contribution is 7.09. The standard InChI is InChI=1S/C32H36F2N4O4S/c1-18-17-43-31(36-18)27-7-3-9-38(27)32(41)24-14-20(15-28-23(24)5-4-10-42-28)30(40)37-26(29(39)25-6-2-8-35-25)13-19-11-21(33)16-22(34)12-19/h11-12,14-17,25-27,29,35,39H,2-10,13H2,1H3,(H,37,40)/t25-,26+,27-,29-/m1/s1. The number of fused-ring (bicyclic) bond motifs is 1. The average molecular weight is 611 g/mol. The Morgan fingerprint density at radius 2 is 1.98 bits per heavy atom. The summed E-state index contributed by atoms with van der Waals surface area (Å²) >= 11 is 1.55. The predicted molar refractivity (Wildman–Crippen MR) is 158 cm³/mol. The maximum Gasteiger partial charge on any atom is 0.254 e. The van der Waals surface area contributed by atoms with E-state index in [1.54, 1.807) is 23.5 Å². The molecule has 2 aromatic carbocycles. The summed E-state index contributed by atoms with van der Waals surface area (Å²) in [7, 11) is 0. The zero-order valence-electron chi connectivity index (χ0n) is 24.1. The third-order valence-corrected chi connectivity index (χ3v) is 9.65. The number of nitrogens with one attached hydrogen (secondary N) is 2. The minimum absolute atomic E-state index is 0.0235. The summed E-state index contributed by atoms with van der Waals surface area (Å²) in [5, 5.41) is 20.3. The smallest absolute Gasteiger partial charge is 0.254 e. The average Bonchev–Trinajstić information content (AvgIpc) is 3.77. The summed E-state index contributed by atoms with van der Waals surface area (Å²) in [5.41, 5.74) is 2.70. The minimum atomic E-state index is -1.00. The number of aliphatic hydroxyl groups is 1. The SMILES string of the molecule is Cc1csc([C@H]2CCCN2C(=O)c2cc(C(=O)N[C@@H](Cc3cc(F)cc(F)c3)[C@H](O)[C@H]3CCCN3)cc3c2CCCO3)n1. The van der Waals surface area contributed by atoms with E-state index in [0.29, 0.717) is 42.9 Å². The van der Waals surface area contributed by atoms with E-state index in [0.717, 1.165) is 54.6 Å². The van der Waals surface area contributed by atoms with E-state index in [4.69, 9.17) is 4.74 Å². The van der Waals surface area contributed by atoms with Gasteiger partial charge in [0.1, 0.15) is 22.4 Å². The summed E-state index contributed by atoms with van der Waals surface area (Å²) in [4.78, 5) is 34.4. The lowest BCUT2D eigenvalue weighted by atomic mass is 9.93. The van der Waals surface area contributed by atoms with Crippen LogP contribution in [-0.2, 0) is 12.8 Å². The van der Waals surface area contributed by atoms with Gasteiger partial charge in [-0.05, 0) is 88.2 Å².